The largest absolute Gasteiger partial charge is 0.480 e. The van der Waals surface area contributed by atoms with Crippen LogP contribution in [0.25, 0.3) is 0 Å². The van der Waals surface area contributed by atoms with Gasteiger partial charge in [-0.25, -0.2) is 0 Å². The monoisotopic (exact) mass is 269 g/mol. The van der Waals surface area contributed by atoms with Crippen LogP contribution in [-0.4, -0.2) is 72.1 Å². The molecule has 2 unspecified atom stereocenters. The number of carbonyl (C=O) groups excluding carboxylic acids is 1. The molecule has 19 heavy (non-hydrogen) atoms. The second-order valence-electron chi connectivity index (χ2n) is 5.49. The van der Waals surface area contributed by atoms with Crippen molar-refractivity contribution >= 4 is 11.9 Å². The lowest BCUT2D eigenvalue weighted by Gasteiger charge is -2.25. The molecule has 1 amide bonds. The molecule has 0 spiro atoms. The molecular formula is C13H23N3O3. The Morgan fingerprint density at radius 1 is 1.26 bits per heavy atom. The first-order chi connectivity index (χ1) is 9.08. The molecule has 108 valence electrons. The Labute approximate surface area is 113 Å². The Morgan fingerprint density at radius 3 is 2.68 bits per heavy atom. The van der Waals surface area contributed by atoms with E-state index in [1.165, 1.54) is 0 Å². The van der Waals surface area contributed by atoms with Crippen LogP contribution >= 0.6 is 0 Å². The average Bonchev–Trinajstić information content (AvgIpc) is 2.64. The van der Waals surface area contributed by atoms with E-state index in [9.17, 15) is 9.59 Å². The number of hydrogen-bond donors (Lipinski definition) is 2. The molecule has 0 aliphatic carbocycles. The molecule has 0 aromatic heterocycles. The van der Waals surface area contributed by atoms with Gasteiger partial charge < -0.3 is 15.3 Å². The minimum Gasteiger partial charge on any atom is -0.480 e. The van der Waals surface area contributed by atoms with E-state index in [-0.39, 0.29) is 24.4 Å². The van der Waals surface area contributed by atoms with Gasteiger partial charge in [-0.2, -0.15) is 0 Å². The molecule has 0 aromatic carbocycles. The second kappa shape index (κ2) is 6.34. The molecule has 0 bridgehead atoms. The van der Waals surface area contributed by atoms with Crippen LogP contribution in [0.4, 0.5) is 0 Å². The summed E-state index contributed by atoms with van der Waals surface area (Å²) in [5, 5.41) is 12.1. The highest BCUT2D eigenvalue weighted by atomic mass is 16.4. The van der Waals surface area contributed by atoms with Gasteiger partial charge in [0.25, 0.3) is 0 Å². The van der Waals surface area contributed by atoms with Crippen molar-refractivity contribution in [3.63, 3.8) is 0 Å². The van der Waals surface area contributed by atoms with E-state index in [1.54, 1.807) is 0 Å². The number of carboxylic acid groups (broad SMARTS) is 1. The van der Waals surface area contributed by atoms with Crippen LogP contribution in [0.3, 0.4) is 0 Å². The van der Waals surface area contributed by atoms with Gasteiger partial charge in [-0.15, -0.1) is 0 Å². The van der Waals surface area contributed by atoms with Gasteiger partial charge in [-0.1, -0.05) is 0 Å². The SMILES string of the molecule is CC1NCCC1C(=O)N1CCCN(CC(=O)O)CC1. The van der Waals surface area contributed by atoms with Gasteiger partial charge in [0.05, 0.1) is 12.5 Å². The van der Waals surface area contributed by atoms with Gasteiger partial charge in [0.2, 0.25) is 5.91 Å². The van der Waals surface area contributed by atoms with E-state index >= 15 is 0 Å². The third kappa shape index (κ3) is 3.67. The molecule has 2 aliphatic heterocycles. The lowest BCUT2D eigenvalue weighted by atomic mass is 10.0. The van der Waals surface area contributed by atoms with E-state index in [2.05, 4.69) is 12.2 Å². The van der Waals surface area contributed by atoms with Crippen LogP contribution in [0.1, 0.15) is 19.8 Å². The second-order valence-corrected chi connectivity index (χ2v) is 5.49. The molecule has 2 saturated heterocycles. The summed E-state index contributed by atoms with van der Waals surface area (Å²) < 4.78 is 0. The average molecular weight is 269 g/mol. The maximum Gasteiger partial charge on any atom is 0.317 e. The number of carboxylic acids is 1. The van der Waals surface area contributed by atoms with Gasteiger partial charge in [0.15, 0.2) is 0 Å². The van der Waals surface area contributed by atoms with E-state index in [4.69, 9.17) is 5.11 Å². The predicted molar refractivity (Wildman–Crippen MR) is 70.8 cm³/mol. The Hall–Kier alpha value is -1.14. The van der Waals surface area contributed by atoms with Gasteiger partial charge in [-0.3, -0.25) is 14.5 Å². The van der Waals surface area contributed by atoms with Crippen molar-refractivity contribution < 1.29 is 14.7 Å². The van der Waals surface area contributed by atoms with Crippen LogP contribution in [0, 0.1) is 5.92 Å². The zero-order valence-electron chi connectivity index (χ0n) is 11.5. The topological polar surface area (TPSA) is 72.9 Å². The van der Waals surface area contributed by atoms with Crippen molar-refractivity contribution in [2.45, 2.75) is 25.8 Å². The van der Waals surface area contributed by atoms with Crippen LogP contribution in [-0.2, 0) is 9.59 Å². The van der Waals surface area contributed by atoms with E-state index in [1.807, 2.05) is 9.80 Å². The summed E-state index contributed by atoms with van der Waals surface area (Å²) in [4.78, 5) is 27.0. The third-order valence-corrected chi connectivity index (χ3v) is 4.10. The van der Waals surface area contributed by atoms with E-state index in [0.29, 0.717) is 13.1 Å². The summed E-state index contributed by atoms with van der Waals surface area (Å²) in [5.74, 6) is -0.478. The van der Waals surface area contributed by atoms with Crippen LogP contribution in [0.5, 0.6) is 0 Å². The van der Waals surface area contributed by atoms with Gasteiger partial charge in [0.1, 0.15) is 0 Å². The number of hydrogen-bond acceptors (Lipinski definition) is 4. The van der Waals surface area contributed by atoms with Crippen molar-refractivity contribution in [2.75, 3.05) is 39.3 Å². The summed E-state index contributed by atoms with van der Waals surface area (Å²) >= 11 is 0. The first kappa shape index (κ1) is 14.3. The van der Waals surface area contributed by atoms with Gasteiger partial charge in [0, 0.05) is 32.2 Å². The first-order valence-corrected chi connectivity index (χ1v) is 7.04. The van der Waals surface area contributed by atoms with Crippen molar-refractivity contribution in [1.29, 1.82) is 0 Å². The van der Waals surface area contributed by atoms with Gasteiger partial charge in [-0.05, 0) is 26.3 Å². The predicted octanol–water partition coefficient (Wildman–Crippen LogP) is -0.397. The van der Waals surface area contributed by atoms with E-state index in [0.717, 1.165) is 32.5 Å². The van der Waals surface area contributed by atoms with Crippen molar-refractivity contribution in [1.82, 2.24) is 15.1 Å². The van der Waals surface area contributed by atoms with Gasteiger partial charge >= 0.3 is 5.97 Å². The number of rotatable bonds is 3. The number of carbonyl (C=O) groups is 2. The standard InChI is InChI=1S/C13H23N3O3/c1-10-11(3-4-14-10)13(19)16-6-2-5-15(7-8-16)9-12(17)18/h10-11,14H,2-9H2,1H3,(H,17,18). The molecule has 2 fully saturated rings. The minimum atomic E-state index is -0.798. The highest BCUT2D eigenvalue weighted by Gasteiger charge is 2.33. The molecule has 6 heteroatoms. The Balaban J connectivity index is 1.88. The highest BCUT2D eigenvalue weighted by molar-refractivity contribution is 5.80. The number of amides is 1. The highest BCUT2D eigenvalue weighted by Crippen LogP contribution is 2.19. The van der Waals surface area contributed by atoms with Crippen LogP contribution in [0.15, 0.2) is 0 Å². The maximum absolute atomic E-state index is 12.4. The molecule has 0 saturated carbocycles. The molecule has 6 nitrogen and oxygen atoms in total. The van der Waals surface area contributed by atoms with Crippen molar-refractivity contribution in [3.8, 4) is 0 Å². The van der Waals surface area contributed by atoms with Crippen LogP contribution < -0.4 is 5.32 Å². The normalized spacial score (nSPS) is 29.2. The Morgan fingerprint density at radius 2 is 2.05 bits per heavy atom. The fourth-order valence-corrected chi connectivity index (χ4v) is 2.97. The molecule has 0 aromatic rings. The number of aliphatic carboxylic acids is 1. The first-order valence-electron chi connectivity index (χ1n) is 7.04. The minimum absolute atomic E-state index is 0.0728. The smallest absolute Gasteiger partial charge is 0.317 e. The van der Waals surface area contributed by atoms with Crippen molar-refractivity contribution in [3.05, 3.63) is 0 Å². The zero-order chi connectivity index (χ0) is 13.8. The lowest BCUT2D eigenvalue weighted by Crippen LogP contribution is -2.42. The lowest BCUT2D eigenvalue weighted by molar-refractivity contribution is -0.138. The zero-order valence-corrected chi connectivity index (χ0v) is 11.5. The Bertz CT molecular complexity index is 348. The molecule has 2 heterocycles. The fraction of sp³-hybridized carbons (Fsp3) is 0.846. The summed E-state index contributed by atoms with van der Waals surface area (Å²) in [6.45, 7) is 5.86. The molecular weight excluding hydrogens is 246 g/mol. The fourth-order valence-electron chi connectivity index (χ4n) is 2.97. The molecule has 2 atom stereocenters. The summed E-state index contributed by atoms with van der Waals surface area (Å²) in [5.41, 5.74) is 0. The Kier molecular flexibility index (Phi) is 4.76. The van der Waals surface area contributed by atoms with E-state index < -0.39 is 5.97 Å². The summed E-state index contributed by atoms with van der Waals surface area (Å²) in [6, 6.07) is 0.255. The third-order valence-electron chi connectivity index (χ3n) is 4.10. The quantitative estimate of drug-likeness (QED) is 0.729. The molecule has 2 N–H and O–H groups in total. The molecule has 0 radical (unpaired) electrons. The molecule has 2 aliphatic rings. The van der Waals surface area contributed by atoms with Crippen LogP contribution in [0.2, 0.25) is 0 Å². The number of nitrogens with one attached hydrogen (secondary N) is 1. The van der Waals surface area contributed by atoms with Crippen molar-refractivity contribution in [2.24, 2.45) is 5.92 Å². The number of nitrogens with zero attached hydrogens (tertiary/aromatic N) is 2. The molecule has 2 rings (SSSR count). The maximum atomic E-state index is 12.4. The summed E-state index contributed by atoms with van der Waals surface area (Å²) in [6.07, 6.45) is 1.77. The summed E-state index contributed by atoms with van der Waals surface area (Å²) in [7, 11) is 0.